The number of alkyl halides is 3. The van der Waals surface area contributed by atoms with E-state index in [1.807, 2.05) is 4.90 Å². The van der Waals surface area contributed by atoms with Crippen LogP contribution in [0, 0.1) is 11.8 Å². The van der Waals surface area contributed by atoms with Crippen LogP contribution in [0.5, 0.6) is 0 Å². The van der Waals surface area contributed by atoms with Gasteiger partial charge in [0.05, 0.1) is 11.3 Å². The number of anilines is 1. The fourth-order valence-corrected chi connectivity index (χ4v) is 4.35. The zero-order valence-corrected chi connectivity index (χ0v) is 16.9. The van der Waals surface area contributed by atoms with E-state index in [0.29, 0.717) is 35.2 Å². The summed E-state index contributed by atoms with van der Waals surface area (Å²) in [6.07, 6.45) is -1.06. The van der Waals surface area contributed by atoms with Crippen molar-refractivity contribution >= 4 is 16.9 Å². The number of pyridine rings is 2. The molecule has 6 nitrogen and oxygen atoms in total. The molecular weight excluding hydrogens is 393 g/mol. The third-order valence-corrected chi connectivity index (χ3v) is 5.45. The van der Waals surface area contributed by atoms with Crippen molar-refractivity contribution < 1.29 is 13.2 Å². The van der Waals surface area contributed by atoms with E-state index in [1.165, 1.54) is 6.07 Å². The van der Waals surface area contributed by atoms with Gasteiger partial charge in [0.25, 0.3) is 0 Å². The normalized spacial score (nSPS) is 20.3. The Morgan fingerprint density at radius 3 is 2.77 bits per heavy atom. The van der Waals surface area contributed by atoms with Crippen molar-refractivity contribution in [1.82, 2.24) is 20.2 Å². The number of hydrogen-bond acceptors (Lipinski definition) is 5. The molecule has 4 rings (SSSR count). The van der Waals surface area contributed by atoms with Crippen LogP contribution in [0.25, 0.3) is 22.4 Å². The Labute approximate surface area is 172 Å². The molecule has 3 N–H and O–H groups in total. The van der Waals surface area contributed by atoms with Crippen molar-refractivity contribution in [2.75, 3.05) is 18.0 Å². The lowest BCUT2D eigenvalue weighted by Crippen LogP contribution is -2.47. The van der Waals surface area contributed by atoms with Crippen LogP contribution in [-0.2, 0) is 6.18 Å². The van der Waals surface area contributed by atoms with Gasteiger partial charge in [0, 0.05) is 30.7 Å². The molecule has 0 aromatic carbocycles. The van der Waals surface area contributed by atoms with Gasteiger partial charge in [-0.1, -0.05) is 13.8 Å². The first-order chi connectivity index (χ1) is 14.2. The Morgan fingerprint density at radius 2 is 2.03 bits per heavy atom. The highest BCUT2D eigenvalue weighted by Gasteiger charge is 2.36. The highest BCUT2D eigenvalue weighted by molar-refractivity contribution is 5.90. The van der Waals surface area contributed by atoms with Crippen molar-refractivity contribution in [1.29, 1.82) is 0 Å². The maximum absolute atomic E-state index is 13.8. The van der Waals surface area contributed by atoms with E-state index in [-0.39, 0.29) is 17.4 Å². The number of nitrogens with two attached hydrogens (primary N) is 1. The second-order valence-corrected chi connectivity index (χ2v) is 8.43. The summed E-state index contributed by atoms with van der Waals surface area (Å²) < 4.78 is 41.3. The van der Waals surface area contributed by atoms with E-state index in [9.17, 15) is 13.2 Å². The minimum Gasteiger partial charge on any atom is -0.355 e. The molecule has 3 aromatic heterocycles. The van der Waals surface area contributed by atoms with E-state index < -0.39 is 11.7 Å². The first kappa shape index (κ1) is 20.6. The van der Waals surface area contributed by atoms with Gasteiger partial charge in [-0.3, -0.25) is 5.10 Å². The van der Waals surface area contributed by atoms with E-state index >= 15 is 0 Å². The van der Waals surface area contributed by atoms with E-state index in [0.717, 1.165) is 25.5 Å². The Kier molecular flexibility index (Phi) is 5.40. The van der Waals surface area contributed by atoms with Gasteiger partial charge in [0.2, 0.25) is 0 Å². The number of fused-ring (bicyclic) bond motifs is 1. The lowest BCUT2D eigenvalue weighted by molar-refractivity contribution is -0.137. The maximum atomic E-state index is 13.8. The lowest BCUT2D eigenvalue weighted by atomic mass is 9.87. The Bertz CT molecular complexity index is 1030. The molecule has 0 amide bonds. The SMILES string of the molecule is CC(C)C[C@@H]1C[C@H](N)CN(c2ccc(C(F)(F)F)c(-c3[nH]nc4ncccc34)n2)C1. The molecule has 0 aliphatic carbocycles. The summed E-state index contributed by atoms with van der Waals surface area (Å²) in [5.41, 5.74) is 5.85. The topological polar surface area (TPSA) is 83.7 Å². The predicted octanol–water partition coefficient (Wildman–Crippen LogP) is 4.24. The first-order valence-corrected chi connectivity index (χ1v) is 10.1. The molecule has 160 valence electrons. The van der Waals surface area contributed by atoms with Crippen molar-refractivity contribution in [3.8, 4) is 11.4 Å². The standard InChI is InChI=1S/C21H25F3N6/c1-12(2)8-13-9-14(25)11-30(10-13)17-6-5-16(21(22,23)24)19(27-17)18-15-4-3-7-26-20(15)29-28-18/h3-7,12-14H,8-11,25H2,1-2H3,(H,26,28,29)/t13-,14+/m1/s1. The smallest absolute Gasteiger partial charge is 0.355 e. The van der Waals surface area contributed by atoms with Gasteiger partial charge in [-0.15, -0.1) is 0 Å². The van der Waals surface area contributed by atoms with Crippen molar-refractivity contribution in [2.45, 2.75) is 38.9 Å². The van der Waals surface area contributed by atoms with Gasteiger partial charge in [-0.25, -0.2) is 9.97 Å². The average molecular weight is 418 g/mol. The molecule has 2 atom stereocenters. The maximum Gasteiger partial charge on any atom is 0.418 e. The second-order valence-electron chi connectivity index (χ2n) is 8.43. The highest BCUT2D eigenvalue weighted by atomic mass is 19.4. The van der Waals surface area contributed by atoms with Crippen LogP contribution in [0.15, 0.2) is 30.5 Å². The summed E-state index contributed by atoms with van der Waals surface area (Å²) in [6.45, 7) is 5.62. The fraction of sp³-hybridized carbons (Fsp3) is 0.476. The summed E-state index contributed by atoms with van der Waals surface area (Å²) in [5, 5.41) is 7.24. The minimum atomic E-state index is -4.54. The summed E-state index contributed by atoms with van der Waals surface area (Å²) in [5.74, 6) is 1.41. The number of nitrogens with zero attached hydrogens (tertiary/aromatic N) is 4. The van der Waals surface area contributed by atoms with Gasteiger partial charge < -0.3 is 10.6 Å². The average Bonchev–Trinajstić information content (AvgIpc) is 3.10. The molecule has 0 radical (unpaired) electrons. The second kappa shape index (κ2) is 7.86. The molecule has 30 heavy (non-hydrogen) atoms. The number of hydrogen-bond donors (Lipinski definition) is 2. The van der Waals surface area contributed by atoms with Crippen LogP contribution >= 0.6 is 0 Å². The van der Waals surface area contributed by atoms with Crippen molar-refractivity contribution in [3.63, 3.8) is 0 Å². The largest absolute Gasteiger partial charge is 0.418 e. The zero-order valence-electron chi connectivity index (χ0n) is 16.9. The fourth-order valence-electron chi connectivity index (χ4n) is 4.35. The minimum absolute atomic E-state index is 0.0350. The number of halogens is 3. The Morgan fingerprint density at radius 1 is 1.23 bits per heavy atom. The summed E-state index contributed by atoms with van der Waals surface area (Å²) in [6, 6.07) is 5.85. The number of aromatic amines is 1. The Hall–Kier alpha value is -2.68. The highest BCUT2D eigenvalue weighted by Crippen LogP contribution is 2.39. The van der Waals surface area contributed by atoms with Gasteiger partial charge >= 0.3 is 6.18 Å². The lowest BCUT2D eigenvalue weighted by Gasteiger charge is -2.38. The van der Waals surface area contributed by atoms with E-state index in [4.69, 9.17) is 5.73 Å². The van der Waals surface area contributed by atoms with Crippen LogP contribution in [0.3, 0.4) is 0 Å². The van der Waals surface area contributed by atoms with Crippen LogP contribution in [0.4, 0.5) is 19.0 Å². The molecule has 0 unspecified atom stereocenters. The number of rotatable bonds is 4. The number of H-pyrrole nitrogens is 1. The van der Waals surface area contributed by atoms with Gasteiger partial charge in [0.15, 0.2) is 5.65 Å². The number of aromatic nitrogens is 4. The van der Waals surface area contributed by atoms with Gasteiger partial charge in [-0.2, -0.15) is 18.3 Å². The molecule has 4 heterocycles. The predicted molar refractivity (Wildman–Crippen MR) is 110 cm³/mol. The monoisotopic (exact) mass is 418 g/mol. The summed E-state index contributed by atoms with van der Waals surface area (Å²) in [7, 11) is 0. The molecule has 0 saturated carbocycles. The van der Waals surface area contributed by atoms with Crippen LogP contribution < -0.4 is 10.6 Å². The van der Waals surface area contributed by atoms with Crippen LogP contribution in [0.1, 0.15) is 32.3 Å². The van der Waals surface area contributed by atoms with E-state index in [2.05, 4.69) is 34.0 Å². The van der Waals surface area contributed by atoms with Gasteiger partial charge in [-0.05, 0) is 48.9 Å². The third-order valence-electron chi connectivity index (χ3n) is 5.45. The summed E-state index contributed by atoms with van der Waals surface area (Å²) in [4.78, 5) is 10.6. The molecule has 0 spiro atoms. The molecule has 1 aliphatic rings. The van der Waals surface area contributed by atoms with Gasteiger partial charge in [0.1, 0.15) is 11.5 Å². The molecule has 1 aliphatic heterocycles. The van der Waals surface area contributed by atoms with Crippen LogP contribution in [-0.4, -0.2) is 39.3 Å². The van der Waals surface area contributed by atoms with Crippen molar-refractivity contribution in [2.24, 2.45) is 17.6 Å². The molecule has 1 saturated heterocycles. The molecule has 3 aromatic rings. The van der Waals surface area contributed by atoms with Crippen molar-refractivity contribution in [3.05, 3.63) is 36.0 Å². The zero-order chi connectivity index (χ0) is 21.5. The first-order valence-electron chi connectivity index (χ1n) is 10.1. The quantitative estimate of drug-likeness (QED) is 0.662. The Balaban J connectivity index is 1.77. The third kappa shape index (κ3) is 4.12. The number of piperidine rings is 1. The molecule has 9 heteroatoms. The van der Waals surface area contributed by atoms with E-state index in [1.54, 1.807) is 18.3 Å². The van der Waals surface area contributed by atoms with Crippen LogP contribution in [0.2, 0.25) is 0 Å². The molecule has 0 bridgehead atoms. The number of nitrogens with one attached hydrogen (secondary N) is 1. The molecule has 1 fully saturated rings. The molecular formula is C21H25F3N6. The summed E-state index contributed by atoms with van der Waals surface area (Å²) >= 11 is 0.